The Hall–Kier alpha value is -2.86. The predicted octanol–water partition coefficient (Wildman–Crippen LogP) is 3.61. The Kier molecular flexibility index (Phi) is 9.14. The molecule has 0 aromatic heterocycles. The number of likely N-dealkylation sites (tertiary alicyclic amines) is 1. The quantitative estimate of drug-likeness (QED) is 0.426. The molecule has 10 heteroatoms. The molecule has 5 rings (SSSR count). The lowest BCUT2D eigenvalue weighted by atomic mass is 9.89. The largest absolute Gasteiger partial charge is 0.481 e. The van der Waals surface area contributed by atoms with Gasteiger partial charge in [-0.3, -0.25) is 9.59 Å². The number of hydrogen-bond donors (Lipinski definition) is 3. The second-order valence-corrected chi connectivity index (χ2v) is 10.8. The second-order valence-electron chi connectivity index (χ2n) is 10.8. The summed E-state index contributed by atoms with van der Waals surface area (Å²) >= 11 is 0. The van der Waals surface area contributed by atoms with E-state index in [1.165, 1.54) is 0 Å². The maximum absolute atomic E-state index is 12.0. The summed E-state index contributed by atoms with van der Waals surface area (Å²) in [4.78, 5) is 25.2. The van der Waals surface area contributed by atoms with Crippen LogP contribution in [0.2, 0.25) is 0 Å². The van der Waals surface area contributed by atoms with Crippen LogP contribution in [-0.4, -0.2) is 71.7 Å². The maximum atomic E-state index is 12.0. The minimum absolute atomic E-state index is 0.0151. The maximum Gasteiger partial charge on any atom is 0.303 e. The SMILES string of the molecule is C[C@@H]1[C@H](CN2CCC3(CC2)OCCO3)O[C@H](c2ccc(NC(=O)CCC(=O)O)cc2)O[C@@H]1c1ccc(CO)cc1. The normalized spacial score (nSPS) is 26.6. The first kappa shape index (κ1) is 28.7. The Morgan fingerprint density at radius 1 is 0.950 bits per heavy atom. The Labute approximate surface area is 234 Å². The van der Waals surface area contributed by atoms with Crippen molar-refractivity contribution in [1.29, 1.82) is 0 Å². The number of ether oxygens (including phenoxy) is 4. The van der Waals surface area contributed by atoms with Crippen LogP contribution >= 0.6 is 0 Å². The number of rotatable bonds is 9. The third kappa shape index (κ3) is 6.88. The second kappa shape index (κ2) is 12.8. The highest BCUT2D eigenvalue weighted by atomic mass is 16.7. The Bertz CT molecular complexity index is 1140. The van der Waals surface area contributed by atoms with E-state index in [9.17, 15) is 14.7 Å². The van der Waals surface area contributed by atoms with Crippen molar-refractivity contribution in [2.75, 3.05) is 38.2 Å². The van der Waals surface area contributed by atoms with Crippen LogP contribution < -0.4 is 5.32 Å². The number of anilines is 1. The molecule has 3 saturated heterocycles. The van der Waals surface area contributed by atoms with Crippen LogP contribution in [0.4, 0.5) is 5.69 Å². The van der Waals surface area contributed by atoms with E-state index < -0.39 is 18.0 Å². The number of piperidine rings is 1. The van der Waals surface area contributed by atoms with Crippen LogP contribution in [0.3, 0.4) is 0 Å². The summed E-state index contributed by atoms with van der Waals surface area (Å²) in [6.07, 6.45) is 0.433. The van der Waals surface area contributed by atoms with Crippen LogP contribution in [0.15, 0.2) is 48.5 Å². The van der Waals surface area contributed by atoms with Crippen molar-refractivity contribution in [3.63, 3.8) is 0 Å². The van der Waals surface area contributed by atoms with E-state index in [0.29, 0.717) is 18.9 Å². The summed E-state index contributed by atoms with van der Waals surface area (Å²) < 4.78 is 24.9. The van der Waals surface area contributed by atoms with Crippen LogP contribution in [-0.2, 0) is 35.1 Å². The Morgan fingerprint density at radius 2 is 1.60 bits per heavy atom. The fourth-order valence-electron chi connectivity index (χ4n) is 5.61. The number of carbonyl (C=O) groups excluding carboxylic acids is 1. The molecule has 3 aliphatic rings. The topological polar surface area (TPSA) is 127 Å². The van der Waals surface area contributed by atoms with Crippen molar-refractivity contribution in [1.82, 2.24) is 4.90 Å². The van der Waals surface area contributed by atoms with E-state index in [1.54, 1.807) is 12.1 Å². The molecule has 0 saturated carbocycles. The highest BCUT2D eigenvalue weighted by Crippen LogP contribution is 2.42. The van der Waals surface area contributed by atoms with Gasteiger partial charge in [0.25, 0.3) is 0 Å². The lowest BCUT2D eigenvalue weighted by Gasteiger charge is -2.44. The molecule has 0 radical (unpaired) electrons. The molecule has 10 nitrogen and oxygen atoms in total. The summed E-state index contributed by atoms with van der Waals surface area (Å²) in [7, 11) is 0. The molecule has 0 aliphatic carbocycles. The molecular weight excluding hydrogens is 516 g/mol. The number of hydrogen-bond acceptors (Lipinski definition) is 8. The minimum atomic E-state index is -1.01. The van der Waals surface area contributed by atoms with Crippen LogP contribution in [0.1, 0.15) is 61.7 Å². The number of aliphatic hydroxyl groups is 1. The van der Waals surface area contributed by atoms with Gasteiger partial charge in [-0.1, -0.05) is 43.3 Å². The van der Waals surface area contributed by atoms with Gasteiger partial charge < -0.3 is 39.4 Å². The van der Waals surface area contributed by atoms with E-state index in [0.717, 1.165) is 49.2 Å². The van der Waals surface area contributed by atoms with Gasteiger partial charge >= 0.3 is 5.97 Å². The van der Waals surface area contributed by atoms with Crippen molar-refractivity contribution < 1.29 is 38.7 Å². The van der Waals surface area contributed by atoms with Crippen molar-refractivity contribution in [2.45, 2.75) is 63.5 Å². The monoisotopic (exact) mass is 554 g/mol. The standard InChI is InChI=1S/C30H38N2O8/c1-20-25(18-32-14-12-30(13-15-32)37-16-17-38-30)39-29(40-28(20)22-4-2-21(19-33)3-5-22)23-6-8-24(9-7-23)31-26(34)10-11-27(35)36/h2-9,20,25,28-29,33H,10-19H2,1H3,(H,31,34)(H,35,36)/t20-,25+,28+,29+/m1/s1. The molecular formula is C30H38N2O8. The molecule has 3 fully saturated rings. The number of carboxylic acids is 1. The molecule has 3 aliphatic heterocycles. The summed E-state index contributed by atoms with van der Waals surface area (Å²) in [5, 5.41) is 21.0. The van der Waals surface area contributed by atoms with E-state index in [4.69, 9.17) is 24.1 Å². The lowest BCUT2D eigenvalue weighted by molar-refractivity contribution is -0.278. The molecule has 216 valence electrons. The Balaban J connectivity index is 1.29. The zero-order valence-electron chi connectivity index (χ0n) is 22.8. The number of aliphatic hydroxyl groups excluding tert-OH is 1. The van der Waals surface area contributed by atoms with Gasteiger partial charge in [0, 0.05) is 56.1 Å². The molecule has 2 aromatic carbocycles. The summed E-state index contributed by atoms with van der Waals surface area (Å²) in [5.74, 6) is -1.72. The van der Waals surface area contributed by atoms with Crippen LogP contribution in [0, 0.1) is 5.92 Å². The number of nitrogens with zero attached hydrogens (tertiary/aromatic N) is 1. The molecule has 40 heavy (non-hydrogen) atoms. The van der Waals surface area contributed by atoms with Gasteiger partial charge in [0.1, 0.15) is 0 Å². The van der Waals surface area contributed by atoms with Gasteiger partial charge in [0.05, 0.1) is 38.4 Å². The molecule has 3 heterocycles. The lowest BCUT2D eigenvalue weighted by Crippen LogP contribution is -2.50. The predicted molar refractivity (Wildman–Crippen MR) is 145 cm³/mol. The zero-order chi connectivity index (χ0) is 28.1. The summed E-state index contributed by atoms with van der Waals surface area (Å²) in [6, 6.07) is 15.1. The van der Waals surface area contributed by atoms with Gasteiger partial charge in [-0.25, -0.2) is 0 Å². The number of nitrogens with one attached hydrogen (secondary N) is 1. The van der Waals surface area contributed by atoms with E-state index in [2.05, 4.69) is 17.1 Å². The van der Waals surface area contributed by atoms with E-state index >= 15 is 0 Å². The third-order valence-corrected chi connectivity index (χ3v) is 8.03. The van der Waals surface area contributed by atoms with Crippen LogP contribution in [0.5, 0.6) is 0 Å². The van der Waals surface area contributed by atoms with Gasteiger partial charge in [-0.2, -0.15) is 0 Å². The van der Waals surface area contributed by atoms with Gasteiger partial charge in [-0.15, -0.1) is 0 Å². The third-order valence-electron chi connectivity index (χ3n) is 8.03. The Morgan fingerprint density at radius 3 is 2.23 bits per heavy atom. The molecule has 0 unspecified atom stereocenters. The fraction of sp³-hybridized carbons (Fsp3) is 0.533. The molecule has 3 N–H and O–H groups in total. The van der Waals surface area contributed by atoms with Crippen molar-refractivity contribution in [3.8, 4) is 0 Å². The number of carboxylic acid groups (broad SMARTS) is 1. The number of amides is 1. The number of aliphatic carboxylic acids is 1. The van der Waals surface area contributed by atoms with Gasteiger partial charge in [0.15, 0.2) is 12.1 Å². The molecule has 1 spiro atoms. The first-order chi connectivity index (χ1) is 19.3. The highest BCUT2D eigenvalue weighted by Gasteiger charge is 2.43. The average molecular weight is 555 g/mol. The van der Waals surface area contributed by atoms with Crippen molar-refractivity contribution in [2.24, 2.45) is 5.92 Å². The molecule has 0 bridgehead atoms. The van der Waals surface area contributed by atoms with E-state index in [-0.39, 0.29) is 43.5 Å². The van der Waals surface area contributed by atoms with Gasteiger partial charge in [-0.05, 0) is 23.3 Å². The first-order valence-corrected chi connectivity index (χ1v) is 14.0. The summed E-state index contributed by atoms with van der Waals surface area (Å²) in [5.41, 5.74) is 3.27. The van der Waals surface area contributed by atoms with E-state index in [1.807, 2.05) is 36.4 Å². The molecule has 2 aromatic rings. The number of benzene rings is 2. The highest BCUT2D eigenvalue weighted by molar-refractivity contribution is 5.92. The first-order valence-electron chi connectivity index (χ1n) is 14.0. The zero-order valence-corrected chi connectivity index (χ0v) is 22.8. The van der Waals surface area contributed by atoms with Gasteiger partial charge in [0.2, 0.25) is 5.91 Å². The summed E-state index contributed by atoms with van der Waals surface area (Å²) in [6.45, 7) is 5.93. The fourth-order valence-corrected chi connectivity index (χ4v) is 5.61. The number of carbonyl (C=O) groups is 2. The average Bonchev–Trinajstić information content (AvgIpc) is 3.43. The molecule has 4 atom stereocenters. The van der Waals surface area contributed by atoms with Crippen molar-refractivity contribution >= 4 is 17.6 Å². The van der Waals surface area contributed by atoms with Crippen molar-refractivity contribution in [3.05, 3.63) is 65.2 Å². The molecule has 1 amide bonds. The van der Waals surface area contributed by atoms with Crippen LogP contribution in [0.25, 0.3) is 0 Å². The smallest absolute Gasteiger partial charge is 0.303 e. The minimum Gasteiger partial charge on any atom is -0.481 e.